The Balaban J connectivity index is 2.04. The molecule has 0 aliphatic carbocycles. The van der Waals surface area contributed by atoms with Gasteiger partial charge in [0.15, 0.2) is 0 Å². The zero-order valence-corrected chi connectivity index (χ0v) is 13.9. The average Bonchev–Trinajstić information content (AvgIpc) is 3.00. The summed E-state index contributed by atoms with van der Waals surface area (Å²) in [6.07, 6.45) is 3.24. The van der Waals surface area contributed by atoms with Crippen LogP contribution in [-0.2, 0) is 9.59 Å². The number of carbonyl (C=O) groups is 2. The first-order chi connectivity index (χ1) is 10.6. The van der Waals surface area contributed by atoms with Crippen LogP contribution < -0.4 is 5.32 Å². The van der Waals surface area contributed by atoms with Gasteiger partial charge in [0.25, 0.3) is 0 Å². The fraction of sp³-hybridized carbons (Fsp3) is 0.529. The van der Waals surface area contributed by atoms with Crippen LogP contribution in [0.4, 0.5) is 5.69 Å². The number of carbonyl (C=O) groups excluding carboxylic acids is 2. The lowest BCUT2D eigenvalue weighted by molar-refractivity contribution is -0.140. The van der Waals surface area contributed by atoms with Gasteiger partial charge in [-0.2, -0.15) is 0 Å². The summed E-state index contributed by atoms with van der Waals surface area (Å²) in [5, 5.41) is 3.51. The van der Waals surface area contributed by atoms with Crippen molar-refractivity contribution in [2.45, 2.75) is 45.6 Å². The summed E-state index contributed by atoms with van der Waals surface area (Å²) in [5.74, 6) is 0.0156. The first-order valence-corrected chi connectivity index (χ1v) is 8.31. The number of nitrogens with one attached hydrogen (secondary N) is 1. The number of hydrogen-bond acceptors (Lipinski definition) is 2. The van der Waals surface area contributed by atoms with E-state index in [1.165, 1.54) is 0 Å². The largest absolute Gasteiger partial charge is 0.330 e. The Kier molecular flexibility index (Phi) is 5.83. The normalized spacial score (nSPS) is 17.8. The van der Waals surface area contributed by atoms with Crippen LogP contribution in [0, 0.1) is 5.92 Å². The number of hydrogen-bond donors (Lipinski definition) is 1. The van der Waals surface area contributed by atoms with Crippen LogP contribution >= 0.6 is 11.6 Å². The molecule has 1 aromatic carbocycles. The molecule has 1 N–H and O–H groups in total. The fourth-order valence-electron chi connectivity index (χ4n) is 2.93. The van der Waals surface area contributed by atoms with E-state index in [9.17, 15) is 9.59 Å². The zero-order chi connectivity index (χ0) is 16.1. The van der Waals surface area contributed by atoms with E-state index in [1.54, 1.807) is 29.2 Å². The van der Waals surface area contributed by atoms with E-state index < -0.39 is 0 Å². The van der Waals surface area contributed by atoms with E-state index in [2.05, 4.69) is 5.32 Å². The molecule has 0 aromatic heterocycles. The summed E-state index contributed by atoms with van der Waals surface area (Å²) in [4.78, 5) is 26.8. The van der Waals surface area contributed by atoms with Crippen molar-refractivity contribution in [1.82, 2.24) is 4.90 Å². The van der Waals surface area contributed by atoms with Crippen LogP contribution in [0.25, 0.3) is 0 Å². The summed E-state index contributed by atoms with van der Waals surface area (Å²) in [6.45, 7) is 4.71. The molecule has 1 saturated heterocycles. The third-order valence-electron chi connectivity index (χ3n) is 4.29. The standard InChI is InChI=1S/C17H23ClN2O2/c1-3-12(4-2)17(22)20-11-5-6-15(20)16(21)19-14-9-7-13(18)8-10-14/h7-10,12,15H,3-6,11H2,1-2H3,(H,19,21)/t15-/m0/s1. The predicted molar refractivity (Wildman–Crippen MR) is 88.9 cm³/mol. The van der Waals surface area contributed by atoms with Crippen molar-refractivity contribution in [2.24, 2.45) is 5.92 Å². The third kappa shape index (κ3) is 3.80. The summed E-state index contributed by atoms with van der Waals surface area (Å²) in [6, 6.07) is 6.64. The minimum atomic E-state index is -0.358. The van der Waals surface area contributed by atoms with Gasteiger partial charge in [-0.3, -0.25) is 9.59 Å². The highest BCUT2D eigenvalue weighted by molar-refractivity contribution is 6.30. The molecule has 1 aromatic rings. The topological polar surface area (TPSA) is 49.4 Å². The molecular formula is C17H23ClN2O2. The van der Waals surface area contributed by atoms with Gasteiger partial charge >= 0.3 is 0 Å². The first-order valence-electron chi connectivity index (χ1n) is 7.93. The summed E-state index contributed by atoms with van der Waals surface area (Å²) in [7, 11) is 0. The lowest BCUT2D eigenvalue weighted by Crippen LogP contribution is -2.45. The van der Waals surface area contributed by atoms with Gasteiger partial charge in [-0.15, -0.1) is 0 Å². The maximum atomic E-state index is 12.5. The second kappa shape index (κ2) is 7.63. The maximum absolute atomic E-state index is 12.5. The Morgan fingerprint density at radius 2 is 1.91 bits per heavy atom. The Bertz CT molecular complexity index is 526. The van der Waals surface area contributed by atoms with Crippen LogP contribution in [0.5, 0.6) is 0 Å². The third-order valence-corrected chi connectivity index (χ3v) is 4.54. The fourth-order valence-corrected chi connectivity index (χ4v) is 3.06. The van der Waals surface area contributed by atoms with Gasteiger partial charge in [0, 0.05) is 23.2 Å². The van der Waals surface area contributed by atoms with Crippen molar-refractivity contribution in [3.05, 3.63) is 29.3 Å². The van der Waals surface area contributed by atoms with Crippen molar-refractivity contribution in [2.75, 3.05) is 11.9 Å². The average molecular weight is 323 g/mol. The summed E-state index contributed by atoms with van der Waals surface area (Å²) < 4.78 is 0. The minimum Gasteiger partial charge on any atom is -0.330 e. The molecule has 1 atom stereocenters. The quantitative estimate of drug-likeness (QED) is 0.898. The minimum absolute atomic E-state index is 0.0175. The molecule has 1 heterocycles. The van der Waals surface area contributed by atoms with Crippen molar-refractivity contribution in [1.29, 1.82) is 0 Å². The van der Waals surface area contributed by atoms with Crippen LogP contribution in [0.2, 0.25) is 5.02 Å². The zero-order valence-electron chi connectivity index (χ0n) is 13.1. The van der Waals surface area contributed by atoms with Crippen molar-refractivity contribution >= 4 is 29.1 Å². The molecule has 0 radical (unpaired) electrons. The van der Waals surface area contributed by atoms with Crippen LogP contribution in [0.1, 0.15) is 39.5 Å². The molecule has 120 valence electrons. The van der Waals surface area contributed by atoms with E-state index in [-0.39, 0.29) is 23.8 Å². The number of nitrogens with zero attached hydrogens (tertiary/aromatic N) is 1. The van der Waals surface area contributed by atoms with Crippen molar-refractivity contribution in [3.8, 4) is 0 Å². The molecule has 2 rings (SSSR count). The Morgan fingerprint density at radius 1 is 1.27 bits per heavy atom. The van der Waals surface area contributed by atoms with E-state index in [0.717, 1.165) is 25.7 Å². The van der Waals surface area contributed by atoms with Crippen LogP contribution in [-0.4, -0.2) is 29.3 Å². The maximum Gasteiger partial charge on any atom is 0.247 e. The lowest BCUT2D eigenvalue weighted by Gasteiger charge is -2.27. The van der Waals surface area contributed by atoms with E-state index in [4.69, 9.17) is 11.6 Å². The molecule has 1 fully saturated rings. The number of likely N-dealkylation sites (tertiary alicyclic amines) is 1. The molecule has 1 aliphatic heterocycles. The monoisotopic (exact) mass is 322 g/mol. The van der Waals surface area contributed by atoms with Gasteiger partial charge in [-0.05, 0) is 49.9 Å². The number of benzene rings is 1. The molecule has 0 bridgehead atoms. The van der Waals surface area contributed by atoms with Crippen molar-refractivity contribution < 1.29 is 9.59 Å². The van der Waals surface area contributed by atoms with Gasteiger partial charge in [0.2, 0.25) is 11.8 Å². The number of anilines is 1. The van der Waals surface area contributed by atoms with Gasteiger partial charge in [-0.25, -0.2) is 0 Å². The second-order valence-corrected chi connectivity index (χ2v) is 6.14. The Labute approximate surface area is 136 Å². The highest BCUT2D eigenvalue weighted by Gasteiger charge is 2.36. The van der Waals surface area contributed by atoms with Gasteiger partial charge < -0.3 is 10.2 Å². The summed E-state index contributed by atoms with van der Waals surface area (Å²) in [5.41, 5.74) is 0.705. The first kappa shape index (κ1) is 16.8. The lowest BCUT2D eigenvalue weighted by atomic mass is 10.0. The molecule has 0 saturated carbocycles. The van der Waals surface area contributed by atoms with E-state index in [0.29, 0.717) is 17.3 Å². The predicted octanol–water partition coefficient (Wildman–Crippen LogP) is 3.71. The van der Waals surface area contributed by atoms with Gasteiger partial charge in [0.1, 0.15) is 6.04 Å². The molecule has 2 amide bonds. The smallest absolute Gasteiger partial charge is 0.247 e. The van der Waals surface area contributed by atoms with Gasteiger partial charge in [-0.1, -0.05) is 25.4 Å². The number of amides is 2. The van der Waals surface area contributed by atoms with Gasteiger partial charge in [0.05, 0.1) is 0 Å². The SMILES string of the molecule is CCC(CC)C(=O)N1CCC[C@H]1C(=O)Nc1ccc(Cl)cc1. The highest BCUT2D eigenvalue weighted by Crippen LogP contribution is 2.24. The molecule has 0 spiro atoms. The molecule has 0 unspecified atom stereocenters. The molecule has 5 heteroatoms. The molecular weight excluding hydrogens is 300 g/mol. The summed E-state index contributed by atoms with van der Waals surface area (Å²) >= 11 is 5.84. The Morgan fingerprint density at radius 3 is 2.50 bits per heavy atom. The second-order valence-electron chi connectivity index (χ2n) is 5.70. The van der Waals surface area contributed by atoms with Crippen LogP contribution in [0.15, 0.2) is 24.3 Å². The molecule has 4 nitrogen and oxygen atoms in total. The van der Waals surface area contributed by atoms with Crippen molar-refractivity contribution in [3.63, 3.8) is 0 Å². The van der Waals surface area contributed by atoms with Crippen LogP contribution in [0.3, 0.4) is 0 Å². The molecule has 22 heavy (non-hydrogen) atoms. The highest BCUT2D eigenvalue weighted by atomic mass is 35.5. The van der Waals surface area contributed by atoms with E-state index >= 15 is 0 Å². The molecule has 1 aliphatic rings. The number of rotatable bonds is 5. The van der Waals surface area contributed by atoms with E-state index in [1.807, 2.05) is 13.8 Å². The number of halogens is 1. The Hall–Kier alpha value is -1.55.